The summed E-state index contributed by atoms with van der Waals surface area (Å²) in [6.07, 6.45) is 21.6. The third kappa shape index (κ3) is 25.2. The Labute approximate surface area is 355 Å². The zero-order chi connectivity index (χ0) is 43.7. The Kier molecular flexibility index (Phi) is 32.7. The van der Waals surface area contributed by atoms with Crippen molar-refractivity contribution in [2.24, 2.45) is 5.92 Å². The molecule has 1 rings (SSSR count). The third-order valence-electron chi connectivity index (χ3n) is 11.6. The lowest BCUT2D eigenvalue weighted by molar-refractivity contribution is -0.301. The zero-order valence-corrected chi connectivity index (χ0v) is 37.0. The molecule has 14 nitrogen and oxygen atoms in total. The maximum absolute atomic E-state index is 14.0. The van der Waals surface area contributed by atoms with E-state index in [9.17, 15) is 44.7 Å². The molecule has 1 fully saturated rings. The van der Waals surface area contributed by atoms with Crippen LogP contribution in [-0.4, -0.2) is 112 Å². The number of aliphatic carboxylic acids is 1. The minimum Gasteiger partial charge on any atom is -0.481 e. The molecule has 7 atom stereocenters. The van der Waals surface area contributed by atoms with Crippen molar-refractivity contribution in [3.05, 3.63) is 0 Å². The van der Waals surface area contributed by atoms with Crippen LogP contribution >= 0.6 is 0 Å². The Balaban J connectivity index is 2.97. The second-order valence-corrected chi connectivity index (χ2v) is 16.8. The number of ether oxygens (including phenoxy) is 2. The van der Waals surface area contributed by atoms with Crippen LogP contribution in [0.15, 0.2) is 0 Å². The van der Waals surface area contributed by atoms with Gasteiger partial charge < -0.3 is 51.0 Å². The summed E-state index contributed by atoms with van der Waals surface area (Å²) in [5.41, 5.74) is 0. The van der Waals surface area contributed by atoms with Crippen LogP contribution in [0.3, 0.4) is 0 Å². The highest BCUT2D eigenvalue weighted by atomic mass is 16.7. The predicted octanol–water partition coefficient (Wildman–Crippen LogP) is 6.18. The number of carbonyl (C=O) groups excluding carboxylic acids is 3. The molecular formula is C45H85N3O11. The molecule has 0 aliphatic carbocycles. The molecule has 0 unspecified atom stereocenters. The van der Waals surface area contributed by atoms with E-state index in [0.29, 0.717) is 12.8 Å². The SMILES string of the molecule is CCCCCCCCCCCCCCC(CCCCCCCCCCCCCC)C(=O)N[C@@H](CO[C@H]1O[C@H](CO)[C@@H](O)[C@H](O)[C@@H]1O)C(=O)N[C@@H](CCC(=O)O)C(=O)NC. The van der Waals surface area contributed by atoms with Gasteiger partial charge in [-0.3, -0.25) is 19.2 Å². The summed E-state index contributed by atoms with van der Waals surface area (Å²) < 4.78 is 11.2. The Morgan fingerprint density at radius 3 is 1.39 bits per heavy atom. The first-order chi connectivity index (χ1) is 28.5. The first-order valence-electron chi connectivity index (χ1n) is 23.5. The van der Waals surface area contributed by atoms with Gasteiger partial charge in [0.15, 0.2) is 6.29 Å². The van der Waals surface area contributed by atoms with E-state index < -0.39 is 80.2 Å². The summed E-state index contributed by atoms with van der Waals surface area (Å²) in [7, 11) is 1.36. The number of likely N-dealkylation sites (N-methyl/N-ethyl adjacent to an activating group) is 1. The number of carboxylic acid groups (broad SMARTS) is 1. The molecule has 3 amide bonds. The highest BCUT2D eigenvalue weighted by Crippen LogP contribution is 2.24. The third-order valence-corrected chi connectivity index (χ3v) is 11.6. The lowest BCUT2D eigenvalue weighted by Crippen LogP contribution is -2.60. The largest absolute Gasteiger partial charge is 0.481 e. The standard InChI is InChI=1S/C45H85N3O11/c1-4-6-8-10-12-14-16-18-20-22-24-26-28-34(29-27-25-23-21-19-17-15-13-11-9-7-5-2)42(55)48-36(44(57)47-35(43(56)46-3)30-31-38(50)51)33-58-45-41(54)40(53)39(52)37(32-49)59-45/h34-37,39-41,45,49,52-54H,4-33H2,1-3H3,(H,46,56)(H,47,57)(H,48,55)(H,50,51)/t35-,36-,37+,39+,40-,41-,45-/m0/s1. The van der Waals surface area contributed by atoms with Gasteiger partial charge >= 0.3 is 5.97 Å². The minimum atomic E-state index is -1.73. The van der Waals surface area contributed by atoms with Crippen LogP contribution in [0.5, 0.6) is 0 Å². The lowest BCUT2D eigenvalue weighted by atomic mass is 9.92. The van der Waals surface area contributed by atoms with Gasteiger partial charge in [0, 0.05) is 19.4 Å². The highest BCUT2D eigenvalue weighted by molar-refractivity contribution is 5.92. The van der Waals surface area contributed by atoms with Gasteiger partial charge in [0.2, 0.25) is 17.7 Å². The van der Waals surface area contributed by atoms with Crippen LogP contribution in [0.2, 0.25) is 0 Å². The summed E-state index contributed by atoms with van der Waals surface area (Å²) >= 11 is 0. The molecule has 1 saturated heterocycles. The van der Waals surface area contributed by atoms with Crippen LogP contribution in [0.1, 0.15) is 194 Å². The van der Waals surface area contributed by atoms with E-state index in [-0.39, 0.29) is 18.2 Å². The number of unbranched alkanes of at least 4 members (excludes halogenated alkanes) is 22. The summed E-state index contributed by atoms with van der Waals surface area (Å²) in [5, 5.41) is 57.7. The van der Waals surface area contributed by atoms with Gasteiger partial charge in [0.1, 0.15) is 36.5 Å². The molecule has 0 spiro atoms. The van der Waals surface area contributed by atoms with Gasteiger partial charge in [-0.25, -0.2) is 0 Å². The predicted molar refractivity (Wildman–Crippen MR) is 229 cm³/mol. The van der Waals surface area contributed by atoms with Gasteiger partial charge in [-0.2, -0.15) is 0 Å². The number of hydrogen-bond acceptors (Lipinski definition) is 10. The first kappa shape index (κ1) is 54.7. The van der Waals surface area contributed by atoms with E-state index in [1.165, 1.54) is 110 Å². The average Bonchev–Trinajstić information content (AvgIpc) is 3.22. The number of rotatable bonds is 38. The van der Waals surface area contributed by atoms with Crippen molar-refractivity contribution in [3.63, 3.8) is 0 Å². The fraction of sp³-hybridized carbons (Fsp3) is 0.911. The molecule has 1 aliphatic heterocycles. The topological polar surface area (TPSA) is 224 Å². The quantitative estimate of drug-likeness (QED) is 0.0328. The Morgan fingerprint density at radius 2 is 0.983 bits per heavy atom. The number of carboxylic acids is 1. The van der Waals surface area contributed by atoms with E-state index in [2.05, 4.69) is 29.8 Å². The summed E-state index contributed by atoms with van der Waals surface area (Å²) in [4.78, 5) is 51.7. The number of nitrogens with one attached hydrogen (secondary N) is 3. The molecular weight excluding hydrogens is 759 g/mol. The van der Waals surface area contributed by atoms with Crippen LogP contribution < -0.4 is 16.0 Å². The summed E-state index contributed by atoms with van der Waals surface area (Å²) in [6, 6.07) is -2.61. The van der Waals surface area contributed by atoms with Gasteiger partial charge in [-0.1, -0.05) is 168 Å². The summed E-state index contributed by atoms with van der Waals surface area (Å²) in [6.45, 7) is 3.23. The molecule has 0 aromatic rings. The van der Waals surface area contributed by atoms with Crippen molar-refractivity contribution in [1.29, 1.82) is 0 Å². The molecule has 0 aromatic carbocycles. The van der Waals surface area contributed by atoms with E-state index in [1.54, 1.807) is 0 Å². The van der Waals surface area contributed by atoms with Crippen molar-refractivity contribution in [2.45, 2.75) is 236 Å². The lowest BCUT2D eigenvalue weighted by Gasteiger charge is -2.40. The van der Waals surface area contributed by atoms with Crippen molar-refractivity contribution in [2.75, 3.05) is 20.3 Å². The molecule has 0 bridgehead atoms. The van der Waals surface area contributed by atoms with Crippen LogP contribution in [0.25, 0.3) is 0 Å². The van der Waals surface area contributed by atoms with Gasteiger partial charge in [0.25, 0.3) is 0 Å². The number of aliphatic hydroxyl groups excluding tert-OH is 4. The maximum atomic E-state index is 14.0. The highest BCUT2D eigenvalue weighted by Gasteiger charge is 2.44. The van der Waals surface area contributed by atoms with Crippen LogP contribution in [0, 0.1) is 5.92 Å². The van der Waals surface area contributed by atoms with Crippen LogP contribution in [0.4, 0.5) is 0 Å². The van der Waals surface area contributed by atoms with Crippen molar-refractivity contribution in [1.82, 2.24) is 16.0 Å². The smallest absolute Gasteiger partial charge is 0.303 e. The van der Waals surface area contributed by atoms with Crippen LogP contribution in [-0.2, 0) is 28.7 Å². The van der Waals surface area contributed by atoms with E-state index in [0.717, 1.165) is 51.4 Å². The fourth-order valence-electron chi connectivity index (χ4n) is 7.72. The molecule has 8 N–H and O–H groups in total. The molecule has 59 heavy (non-hydrogen) atoms. The monoisotopic (exact) mass is 844 g/mol. The van der Waals surface area contributed by atoms with Crippen molar-refractivity contribution >= 4 is 23.7 Å². The maximum Gasteiger partial charge on any atom is 0.303 e. The van der Waals surface area contributed by atoms with Crippen molar-refractivity contribution < 1.29 is 54.2 Å². The number of hydrogen-bond donors (Lipinski definition) is 8. The van der Waals surface area contributed by atoms with E-state index in [4.69, 9.17) is 9.47 Å². The Hall–Kier alpha value is -2.36. The summed E-state index contributed by atoms with van der Waals surface area (Å²) in [5.74, 6) is -3.31. The minimum absolute atomic E-state index is 0.199. The zero-order valence-electron chi connectivity index (χ0n) is 37.0. The molecule has 0 radical (unpaired) electrons. The number of aliphatic hydroxyl groups is 4. The van der Waals surface area contributed by atoms with Gasteiger partial charge in [0.05, 0.1) is 13.2 Å². The van der Waals surface area contributed by atoms with Gasteiger partial charge in [-0.15, -0.1) is 0 Å². The Bertz CT molecular complexity index is 1070. The fourth-order valence-corrected chi connectivity index (χ4v) is 7.72. The number of carbonyl (C=O) groups is 4. The van der Waals surface area contributed by atoms with Crippen molar-refractivity contribution in [3.8, 4) is 0 Å². The normalized spacial score (nSPS) is 20.3. The molecule has 14 heteroatoms. The molecule has 1 heterocycles. The number of amides is 3. The van der Waals surface area contributed by atoms with E-state index in [1.807, 2.05) is 0 Å². The first-order valence-corrected chi connectivity index (χ1v) is 23.5. The molecule has 346 valence electrons. The molecule has 0 saturated carbocycles. The molecule has 1 aliphatic rings. The van der Waals surface area contributed by atoms with Gasteiger partial charge in [-0.05, 0) is 19.3 Å². The second-order valence-electron chi connectivity index (χ2n) is 16.8. The second kappa shape index (κ2) is 35.3. The molecule has 0 aromatic heterocycles. The Morgan fingerprint density at radius 1 is 0.559 bits per heavy atom. The average molecular weight is 844 g/mol. The van der Waals surface area contributed by atoms with E-state index >= 15 is 0 Å².